The van der Waals surface area contributed by atoms with Gasteiger partial charge < -0.3 is 10.6 Å². The Balaban J connectivity index is 2.59. The first kappa shape index (κ1) is 21.6. The van der Waals surface area contributed by atoms with Gasteiger partial charge in [-0.1, -0.05) is 30.9 Å². The van der Waals surface area contributed by atoms with Crippen LogP contribution < -0.4 is 10.6 Å². The molecular formula is C17H18F6N2O. The predicted molar refractivity (Wildman–Crippen MR) is 86.2 cm³/mol. The van der Waals surface area contributed by atoms with Crippen molar-refractivity contribution in [2.45, 2.75) is 25.7 Å². The van der Waals surface area contributed by atoms with E-state index in [4.69, 9.17) is 0 Å². The lowest BCUT2D eigenvalue weighted by atomic mass is 10.0. The van der Waals surface area contributed by atoms with E-state index in [9.17, 15) is 31.1 Å². The molecule has 3 nitrogen and oxygen atoms in total. The van der Waals surface area contributed by atoms with Crippen LogP contribution in [-0.4, -0.2) is 31.3 Å². The smallest absolute Gasteiger partial charge is 0.376 e. The average molecular weight is 380 g/mol. The molecule has 9 heteroatoms. The number of rotatable bonds is 7. The number of alkyl halides is 6. The fourth-order valence-electron chi connectivity index (χ4n) is 2.06. The highest BCUT2D eigenvalue weighted by molar-refractivity contribution is 5.80. The highest BCUT2D eigenvalue weighted by Gasteiger charge is 2.27. The largest absolute Gasteiger partial charge is 0.409 e. The van der Waals surface area contributed by atoms with Crippen LogP contribution in [0.5, 0.6) is 0 Å². The van der Waals surface area contributed by atoms with Crippen molar-refractivity contribution in [3.63, 3.8) is 0 Å². The third-order valence-electron chi connectivity index (χ3n) is 3.22. The molecular weight excluding hydrogens is 362 g/mol. The van der Waals surface area contributed by atoms with Gasteiger partial charge in [0, 0.05) is 11.8 Å². The van der Waals surface area contributed by atoms with Gasteiger partial charge in [0.25, 0.3) is 0 Å². The molecule has 0 aliphatic heterocycles. The van der Waals surface area contributed by atoms with Gasteiger partial charge in [-0.3, -0.25) is 4.79 Å². The van der Waals surface area contributed by atoms with E-state index in [1.165, 1.54) is 0 Å². The van der Waals surface area contributed by atoms with E-state index in [-0.39, 0.29) is 19.0 Å². The van der Waals surface area contributed by atoms with Crippen LogP contribution in [0.2, 0.25) is 0 Å². The third-order valence-corrected chi connectivity index (χ3v) is 3.22. The Morgan fingerprint density at radius 2 is 1.81 bits per heavy atom. The van der Waals surface area contributed by atoms with Gasteiger partial charge in [0.1, 0.15) is 6.54 Å². The van der Waals surface area contributed by atoms with Crippen molar-refractivity contribution >= 4 is 11.6 Å². The molecule has 0 bridgehead atoms. The van der Waals surface area contributed by atoms with Crippen molar-refractivity contribution in [2.75, 3.05) is 13.1 Å². The number of allylic oxidation sites excluding steroid dienone is 2. The molecule has 0 radical (unpaired) electrons. The molecule has 26 heavy (non-hydrogen) atoms. The molecule has 1 rings (SSSR count). The number of benzene rings is 1. The van der Waals surface area contributed by atoms with Crippen molar-refractivity contribution in [1.29, 1.82) is 0 Å². The second-order valence-corrected chi connectivity index (χ2v) is 5.52. The number of hydrogen-bond acceptors (Lipinski definition) is 2. The molecule has 2 N–H and O–H groups in total. The van der Waals surface area contributed by atoms with Crippen LogP contribution in [-0.2, 0) is 11.2 Å². The first-order valence-corrected chi connectivity index (χ1v) is 7.48. The van der Waals surface area contributed by atoms with E-state index in [1.54, 1.807) is 30.4 Å². The van der Waals surface area contributed by atoms with Crippen LogP contribution >= 0.6 is 0 Å². The van der Waals surface area contributed by atoms with Gasteiger partial charge in [-0.2, -0.15) is 26.3 Å². The van der Waals surface area contributed by atoms with E-state index in [0.717, 1.165) is 6.08 Å². The van der Waals surface area contributed by atoms with E-state index < -0.39 is 24.8 Å². The standard InChI is InChI=1S/C17H18F6N2O/c1-11-8-13(4-3-7-16(18,19)20)5-6-14(11)12(2)24-9-15(26)25-10-17(21,22)23/h3,5-8,24H,2,4,9-10H2,1H3,(H,25,26)/b7-3+. The summed E-state index contributed by atoms with van der Waals surface area (Å²) < 4.78 is 72.2. The molecule has 0 saturated heterocycles. The Bertz CT molecular complexity index is 677. The molecule has 144 valence electrons. The summed E-state index contributed by atoms with van der Waals surface area (Å²) in [7, 11) is 0. The van der Waals surface area contributed by atoms with Crippen LogP contribution in [0.3, 0.4) is 0 Å². The van der Waals surface area contributed by atoms with E-state index >= 15 is 0 Å². The van der Waals surface area contributed by atoms with Crippen molar-refractivity contribution in [1.82, 2.24) is 10.6 Å². The fraction of sp³-hybridized carbons (Fsp3) is 0.353. The van der Waals surface area contributed by atoms with Gasteiger partial charge >= 0.3 is 12.4 Å². The number of halogens is 6. The minimum atomic E-state index is -4.49. The maximum Gasteiger partial charge on any atom is 0.409 e. The normalized spacial score (nSPS) is 12.3. The predicted octanol–water partition coefficient (Wildman–Crippen LogP) is 3.89. The van der Waals surface area contributed by atoms with E-state index in [1.807, 2.05) is 0 Å². The molecule has 0 saturated carbocycles. The summed E-state index contributed by atoms with van der Waals surface area (Å²) in [6.45, 7) is 3.62. The Kier molecular flexibility index (Phi) is 7.29. The third kappa shape index (κ3) is 8.59. The second-order valence-electron chi connectivity index (χ2n) is 5.52. The fourth-order valence-corrected chi connectivity index (χ4v) is 2.06. The minimum Gasteiger partial charge on any atom is -0.376 e. The number of carbonyl (C=O) groups excluding carboxylic acids is 1. The maximum atomic E-state index is 12.1. The van der Waals surface area contributed by atoms with Crippen molar-refractivity contribution < 1.29 is 31.1 Å². The molecule has 0 atom stereocenters. The van der Waals surface area contributed by atoms with Crippen LogP contribution in [0.25, 0.3) is 5.70 Å². The second kappa shape index (κ2) is 8.77. The van der Waals surface area contributed by atoms with Crippen molar-refractivity contribution in [3.8, 4) is 0 Å². The summed E-state index contributed by atoms with van der Waals surface area (Å²) in [5, 5.41) is 4.34. The highest BCUT2D eigenvalue weighted by Crippen LogP contribution is 2.19. The highest BCUT2D eigenvalue weighted by atomic mass is 19.4. The van der Waals surface area contributed by atoms with Crippen molar-refractivity contribution in [2.24, 2.45) is 0 Å². The molecule has 0 aromatic heterocycles. The lowest BCUT2D eigenvalue weighted by Gasteiger charge is -2.14. The summed E-state index contributed by atoms with van der Waals surface area (Å²) in [6, 6.07) is 4.90. The Labute approximate surface area is 146 Å². The van der Waals surface area contributed by atoms with Gasteiger partial charge in [-0.05, 0) is 30.0 Å². The van der Waals surface area contributed by atoms with Gasteiger partial charge in [-0.15, -0.1) is 0 Å². The molecule has 0 spiro atoms. The molecule has 0 heterocycles. The number of carbonyl (C=O) groups is 1. The summed E-state index contributed by atoms with van der Waals surface area (Å²) in [5.74, 6) is -0.838. The zero-order valence-corrected chi connectivity index (χ0v) is 13.9. The first-order chi connectivity index (χ1) is 11.9. The molecule has 0 fully saturated rings. The quantitative estimate of drug-likeness (QED) is 0.557. The Morgan fingerprint density at radius 3 is 2.35 bits per heavy atom. The van der Waals surface area contributed by atoms with Crippen LogP contribution in [0.1, 0.15) is 16.7 Å². The summed E-state index contributed by atoms with van der Waals surface area (Å²) in [5.41, 5.74) is 2.29. The van der Waals surface area contributed by atoms with Crippen LogP contribution in [0, 0.1) is 6.92 Å². The zero-order valence-electron chi connectivity index (χ0n) is 13.9. The van der Waals surface area contributed by atoms with Crippen LogP contribution in [0.4, 0.5) is 26.3 Å². The molecule has 0 unspecified atom stereocenters. The van der Waals surface area contributed by atoms with Gasteiger partial charge in [0.15, 0.2) is 0 Å². The number of hydrogen-bond donors (Lipinski definition) is 2. The first-order valence-electron chi connectivity index (χ1n) is 7.48. The topological polar surface area (TPSA) is 41.1 Å². The van der Waals surface area contributed by atoms with E-state index in [0.29, 0.717) is 22.4 Å². The maximum absolute atomic E-state index is 12.1. The van der Waals surface area contributed by atoms with Gasteiger partial charge in [-0.25, -0.2) is 0 Å². The lowest BCUT2D eigenvalue weighted by molar-refractivity contribution is -0.137. The van der Waals surface area contributed by atoms with Gasteiger partial charge in [0.05, 0.1) is 6.54 Å². The molecule has 0 aliphatic carbocycles. The molecule has 0 aliphatic rings. The summed E-state index contributed by atoms with van der Waals surface area (Å²) >= 11 is 0. The summed E-state index contributed by atoms with van der Waals surface area (Å²) in [4.78, 5) is 11.3. The van der Waals surface area contributed by atoms with E-state index in [2.05, 4.69) is 11.9 Å². The number of amides is 1. The summed E-state index contributed by atoms with van der Waals surface area (Å²) in [6.07, 6.45) is -7.58. The average Bonchev–Trinajstić information content (AvgIpc) is 2.48. The van der Waals surface area contributed by atoms with Crippen LogP contribution in [0.15, 0.2) is 36.9 Å². The minimum absolute atomic E-state index is 0.0976. The monoisotopic (exact) mass is 380 g/mol. The zero-order chi connectivity index (χ0) is 20.0. The SMILES string of the molecule is C=C(NCC(=O)NCC(F)(F)F)c1ccc(C/C=C/C(F)(F)F)cc1C. The number of nitrogens with one attached hydrogen (secondary N) is 2. The Morgan fingerprint density at radius 1 is 1.15 bits per heavy atom. The van der Waals surface area contributed by atoms with Crippen molar-refractivity contribution in [3.05, 3.63) is 53.6 Å². The molecule has 1 amide bonds. The molecule has 1 aromatic rings. The molecule has 1 aromatic carbocycles. The number of aryl methyl sites for hydroxylation is 1. The lowest BCUT2D eigenvalue weighted by Crippen LogP contribution is -2.38. The Hall–Kier alpha value is -2.45. The van der Waals surface area contributed by atoms with Gasteiger partial charge in [0.2, 0.25) is 5.91 Å².